The van der Waals surface area contributed by atoms with Crippen LogP contribution in [0, 0.1) is 5.92 Å². The zero-order valence-corrected chi connectivity index (χ0v) is 12.3. The number of likely N-dealkylation sites (tertiary alicyclic amines) is 1. The van der Waals surface area contributed by atoms with Crippen LogP contribution in [0.4, 0.5) is 0 Å². The van der Waals surface area contributed by atoms with Gasteiger partial charge in [0.25, 0.3) is 0 Å². The van der Waals surface area contributed by atoms with Gasteiger partial charge < -0.3 is 10.2 Å². The Balaban J connectivity index is 2.25. The van der Waals surface area contributed by atoms with Crippen molar-refractivity contribution in [2.75, 3.05) is 19.6 Å². The van der Waals surface area contributed by atoms with Gasteiger partial charge in [-0.3, -0.25) is 0 Å². The largest absolute Gasteiger partial charge is 0.311 e. The zero-order valence-electron chi connectivity index (χ0n) is 12.3. The highest BCUT2D eigenvalue weighted by Crippen LogP contribution is 2.17. The van der Waals surface area contributed by atoms with Gasteiger partial charge in [-0.25, -0.2) is 0 Å². The van der Waals surface area contributed by atoms with Gasteiger partial charge in [-0.15, -0.1) is 0 Å². The molecular formula is C15H32N2. The molecule has 0 aromatic rings. The molecule has 1 atom stereocenters. The van der Waals surface area contributed by atoms with Crippen LogP contribution in [0.25, 0.3) is 0 Å². The van der Waals surface area contributed by atoms with E-state index in [1.54, 1.807) is 0 Å². The van der Waals surface area contributed by atoms with Gasteiger partial charge in [-0.2, -0.15) is 0 Å². The summed E-state index contributed by atoms with van der Waals surface area (Å²) in [6.45, 7) is 13.2. The van der Waals surface area contributed by atoms with Crippen molar-refractivity contribution < 1.29 is 0 Å². The molecule has 0 amide bonds. The lowest BCUT2D eigenvalue weighted by molar-refractivity contribution is 0.182. The Kier molecular flexibility index (Phi) is 7.14. The summed E-state index contributed by atoms with van der Waals surface area (Å²) in [4.78, 5) is 2.61. The van der Waals surface area contributed by atoms with Gasteiger partial charge in [0, 0.05) is 12.1 Å². The second-order valence-electron chi connectivity index (χ2n) is 5.65. The van der Waals surface area contributed by atoms with Crippen molar-refractivity contribution in [2.45, 2.75) is 71.9 Å². The fourth-order valence-electron chi connectivity index (χ4n) is 3.14. The van der Waals surface area contributed by atoms with Crippen LogP contribution in [-0.2, 0) is 0 Å². The highest BCUT2D eigenvalue weighted by Gasteiger charge is 2.22. The number of hydrogen-bond donors (Lipinski definition) is 1. The Morgan fingerprint density at radius 3 is 2.18 bits per heavy atom. The first-order valence-corrected chi connectivity index (χ1v) is 7.69. The molecule has 0 saturated carbocycles. The fourth-order valence-corrected chi connectivity index (χ4v) is 3.14. The van der Waals surface area contributed by atoms with Crippen LogP contribution < -0.4 is 5.32 Å². The van der Waals surface area contributed by atoms with Crippen LogP contribution in [-0.4, -0.2) is 36.6 Å². The summed E-state index contributed by atoms with van der Waals surface area (Å²) in [5.74, 6) is 0.851. The maximum absolute atomic E-state index is 3.86. The van der Waals surface area contributed by atoms with E-state index in [1.165, 1.54) is 51.7 Å². The maximum Gasteiger partial charge on any atom is 0.00940 e. The molecule has 17 heavy (non-hydrogen) atoms. The molecule has 2 heteroatoms. The Morgan fingerprint density at radius 1 is 1.12 bits per heavy atom. The number of nitrogens with zero attached hydrogens (tertiary/aromatic N) is 1. The SMILES string of the molecule is CCCN1CCC(NC(C)C(CC)CC)CC1. The summed E-state index contributed by atoms with van der Waals surface area (Å²) in [5.41, 5.74) is 0. The normalized spacial score (nSPS) is 21.0. The van der Waals surface area contributed by atoms with Gasteiger partial charge >= 0.3 is 0 Å². The van der Waals surface area contributed by atoms with Gasteiger partial charge in [0.05, 0.1) is 0 Å². The molecule has 1 saturated heterocycles. The van der Waals surface area contributed by atoms with E-state index >= 15 is 0 Å². The van der Waals surface area contributed by atoms with Crippen molar-refractivity contribution in [2.24, 2.45) is 5.92 Å². The van der Waals surface area contributed by atoms with Crippen LogP contribution in [0.1, 0.15) is 59.8 Å². The monoisotopic (exact) mass is 240 g/mol. The highest BCUT2D eigenvalue weighted by atomic mass is 15.1. The van der Waals surface area contributed by atoms with E-state index in [-0.39, 0.29) is 0 Å². The summed E-state index contributed by atoms with van der Waals surface area (Å²) in [6.07, 6.45) is 6.58. The van der Waals surface area contributed by atoms with Crippen LogP contribution in [0.2, 0.25) is 0 Å². The average molecular weight is 240 g/mol. The van der Waals surface area contributed by atoms with Crippen molar-refractivity contribution in [3.63, 3.8) is 0 Å². The molecule has 1 unspecified atom stereocenters. The minimum atomic E-state index is 0.688. The third kappa shape index (κ3) is 4.97. The molecule has 1 heterocycles. The fraction of sp³-hybridized carbons (Fsp3) is 1.00. The van der Waals surface area contributed by atoms with E-state index in [0.717, 1.165) is 12.0 Å². The predicted octanol–water partition coefficient (Wildman–Crippen LogP) is 3.28. The minimum absolute atomic E-state index is 0.688. The lowest BCUT2D eigenvalue weighted by atomic mass is 9.93. The van der Waals surface area contributed by atoms with E-state index in [2.05, 4.69) is 37.9 Å². The maximum atomic E-state index is 3.86. The number of piperidine rings is 1. The molecule has 0 aromatic heterocycles. The summed E-state index contributed by atoms with van der Waals surface area (Å²) in [5, 5.41) is 3.86. The van der Waals surface area contributed by atoms with Crippen LogP contribution in [0.5, 0.6) is 0 Å². The zero-order chi connectivity index (χ0) is 12.7. The van der Waals surface area contributed by atoms with Crippen LogP contribution in [0.3, 0.4) is 0 Å². The van der Waals surface area contributed by atoms with E-state index < -0.39 is 0 Å². The molecule has 1 aliphatic heterocycles. The van der Waals surface area contributed by atoms with E-state index in [1.807, 2.05) is 0 Å². The molecule has 0 aromatic carbocycles. The smallest absolute Gasteiger partial charge is 0.00940 e. The quantitative estimate of drug-likeness (QED) is 0.735. The average Bonchev–Trinajstić information content (AvgIpc) is 2.33. The van der Waals surface area contributed by atoms with Gasteiger partial charge in [0.1, 0.15) is 0 Å². The Labute approximate surface area is 108 Å². The van der Waals surface area contributed by atoms with Crippen molar-refractivity contribution in [3.8, 4) is 0 Å². The second-order valence-corrected chi connectivity index (χ2v) is 5.65. The lowest BCUT2D eigenvalue weighted by Gasteiger charge is -2.35. The topological polar surface area (TPSA) is 15.3 Å². The van der Waals surface area contributed by atoms with Crippen molar-refractivity contribution >= 4 is 0 Å². The van der Waals surface area contributed by atoms with Gasteiger partial charge in [0.15, 0.2) is 0 Å². The molecule has 0 aliphatic carbocycles. The molecule has 102 valence electrons. The first kappa shape index (κ1) is 15.0. The van der Waals surface area contributed by atoms with Gasteiger partial charge in [-0.05, 0) is 51.7 Å². The molecular weight excluding hydrogens is 208 g/mol. The van der Waals surface area contributed by atoms with Crippen molar-refractivity contribution in [1.82, 2.24) is 10.2 Å². The summed E-state index contributed by atoms with van der Waals surface area (Å²) < 4.78 is 0. The first-order valence-electron chi connectivity index (χ1n) is 7.69. The summed E-state index contributed by atoms with van der Waals surface area (Å²) >= 11 is 0. The molecule has 1 fully saturated rings. The number of hydrogen-bond acceptors (Lipinski definition) is 2. The Bertz CT molecular complexity index is 181. The molecule has 0 radical (unpaired) electrons. The van der Waals surface area contributed by atoms with Gasteiger partial charge in [-0.1, -0.05) is 33.6 Å². The number of nitrogens with one attached hydrogen (secondary N) is 1. The Hall–Kier alpha value is -0.0800. The third-order valence-electron chi connectivity index (χ3n) is 4.38. The van der Waals surface area contributed by atoms with E-state index in [0.29, 0.717) is 6.04 Å². The standard InChI is InChI=1S/C15H32N2/c1-5-10-17-11-8-15(9-12-17)16-13(4)14(6-2)7-3/h13-16H,5-12H2,1-4H3. The molecule has 2 nitrogen and oxygen atoms in total. The first-order chi connectivity index (χ1) is 8.21. The molecule has 0 bridgehead atoms. The molecule has 0 spiro atoms. The van der Waals surface area contributed by atoms with Crippen molar-refractivity contribution in [1.29, 1.82) is 0 Å². The predicted molar refractivity (Wildman–Crippen MR) is 76.4 cm³/mol. The summed E-state index contributed by atoms with van der Waals surface area (Å²) in [7, 11) is 0. The van der Waals surface area contributed by atoms with E-state index in [9.17, 15) is 0 Å². The molecule has 1 N–H and O–H groups in total. The van der Waals surface area contributed by atoms with Crippen LogP contribution in [0.15, 0.2) is 0 Å². The summed E-state index contributed by atoms with van der Waals surface area (Å²) in [6, 6.07) is 1.45. The third-order valence-corrected chi connectivity index (χ3v) is 4.38. The lowest BCUT2D eigenvalue weighted by Crippen LogP contribution is -2.47. The second kappa shape index (κ2) is 8.10. The van der Waals surface area contributed by atoms with Crippen LogP contribution >= 0.6 is 0 Å². The molecule has 1 aliphatic rings. The molecule has 1 rings (SSSR count). The minimum Gasteiger partial charge on any atom is -0.311 e. The Morgan fingerprint density at radius 2 is 1.71 bits per heavy atom. The van der Waals surface area contributed by atoms with Crippen molar-refractivity contribution in [3.05, 3.63) is 0 Å². The van der Waals surface area contributed by atoms with Gasteiger partial charge in [0.2, 0.25) is 0 Å². The van der Waals surface area contributed by atoms with E-state index in [4.69, 9.17) is 0 Å². The highest BCUT2D eigenvalue weighted by molar-refractivity contribution is 4.81. The number of rotatable bonds is 7.